The van der Waals surface area contributed by atoms with E-state index in [2.05, 4.69) is 20.9 Å². The third-order valence-electron chi connectivity index (χ3n) is 6.08. The number of likely N-dealkylation sites (tertiary alicyclic amines) is 1. The van der Waals surface area contributed by atoms with Gasteiger partial charge in [-0.2, -0.15) is 0 Å². The molecule has 2 aromatic carbocycles. The number of halogens is 1. The fraction of sp³-hybridized carbons (Fsp3) is 0.357. The number of carbonyl (C=O) groups excluding carboxylic acids is 1. The third kappa shape index (κ3) is 6.57. The van der Waals surface area contributed by atoms with Gasteiger partial charge in [-0.05, 0) is 67.8 Å². The van der Waals surface area contributed by atoms with Gasteiger partial charge in [-0.3, -0.25) is 4.90 Å². The normalized spacial score (nSPS) is 15.9. The molecule has 6 nitrogen and oxygen atoms in total. The monoisotopic (exact) mass is 477 g/mol. The van der Waals surface area contributed by atoms with Crippen LogP contribution in [0.4, 0.5) is 10.2 Å². The molecule has 1 aromatic heterocycles. The lowest BCUT2D eigenvalue weighted by atomic mass is 10.2. The minimum absolute atomic E-state index is 0.184. The molecule has 0 spiro atoms. The van der Waals surface area contributed by atoms with Gasteiger partial charge in [0.15, 0.2) is 0 Å². The summed E-state index contributed by atoms with van der Waals surface area (Å²) >= 11 is 0. The molecule has 0 unspecified atom stereocenters. The minimum atomic E-state index is -0.347. The zero-order chi connectivity index (χ0) is 24.8. The Morgan fingerprint density at radius 1 is 1.14 bits per heavy atom. The quantitative estimate of drug-likeness (QED) is 0.401. The number of pyridine rings is 1. The Morgan fingerprint density at radius 3 is 2.74 bits per heavy atom. The molecule has 1 fully saturated rings. The Balaban J connectivity index is 1.36. The van der Waals surface area contributed by atoms with E-state index >= 15 is 0 Å². The maximum Gasteiger partial charge on any atom is 0.342 e. The van der Waals surface area contributed by atoms with E-state index in [-0.39, 0.29) is 23.9 Å². The minimum Gasteiger partial charge on any atom is -0.489 e. The van der Waals surface area contributed by atoms with Crippen LogP contribution in [-0.4, -0.2) is 48.1 Å². The molecule has 0 bridgehead atoms. The van der Waals surface area contributed by atoms with Gasteiger partial charge in [0.1, 0.15) is 29.6 Å². The second-order valence-corrected chi connectivity index (χ2v) is 9.18. The molecule has 4 rings (SSSR count). The van der Waals surface area contributed by atoms with Gasteiger partial charge in [-0.25, -0.2) is 14.2 Å². The van der Waals surface area contributed by atoms with Gasteiger partial charge in [0.05, 0.1) is 6.10 Å². The van der Waals surface area contributed by atoms with Crippen molar-refractivity contribution in [1.82, 2.24) is 9.88 Å². The molecule has 1 aliphatic rings. The fourth-order valence-corrected chi connectivity index (χ4v) is 4.35. The zero-order valence-electron chi connectivity index (χ0n) is 20.5. The van der Waals surface area contributed by atoms with Crippen molar-refractivity contribution in [2.75, 3.05) is 25.0 Å². The zero-order valence-corrected chi connectivity index (χ0v) is 20.5. The van der Waals surface area contributed by atoms with Gasteiger partial charge >= 0.3 is 5.97 Å². The SMILES string of the molecule is CC(C)OC(=O)c1cccnc1N(C)[C@H]1CCN(Cc2cccc(OCc3cccc(F)c3)c2)C1. The van der Waals surface area contributed by atoms with E-state index in [0.717, 1.165) is 42.9 Å². The Bertz CT molecular complexity index is 1150. The summed E-state index contributed by atoms with van der Waals surface area (Å²) in [7, 11) is 1.99. The molecule has 0 N–H and O–H groups in total. The molecule has 184 valence electrons. The van der Waals surface area contributed by atoms with Crippen LogP contribution in [0.1, 0.15) is 41.8 Å². The number of nitrogens with zero attached hydrogens (tertiary/aromatic N) is 3. The molecule has 0 amide bonds. The molecule has 1 aliphatic heterocycles. The fourth-order valence-electron chi connectivity index (χ4n) is 4.35. The van der Waals surface area contributed by atoms with E-state index < -0.39 is 0 Å². The molecule has 35 heavy (non-hydrogen) atoms. The van der Waals surface area contributed by atoms with Crippen LogP contribution in [0, 0.1) is 5.82 Å². The van der Waals surface area contributed by atoms with Crippen LogP contribution in [-0.2, 0) is 17.9 Å². The first-order chi connectivity index (χ1) is 16.9. The van der Waals surface area contributed by atoms with Crippen molar-refractivity contribution in [3.8, 4) is 5.75 Å². The summed E-state index contributed by atoms with van der Waals surface area (Å²) in [5, 5.41) is 0. The molecule has 0 saturated carbocycles. The molecule has 1 saturated heterocycles. The van der Waals surface area contributed by atoms with Crippen LogP contribution in [0.3, 0.4) is 0 Å². The van der Waals surface area contributed by atoms with Crippen LogP contribution in [0.25, 0.3) is 0 Å². The molecular formula is C28H32FN3O3. The number of anilines is 1. The van der Waals surface area contributed by atoms with Gasteiger partial charge in [0, 0.05) is 38.9 Å². The number of aromatic nitrogens is 1. The second kappa shape index (κ2) is 11.3. The highest BCUT2D eigenvalue weighted by Crippen LogP contribution is 2.25. The number of hydrogen-bond donors (Lipinski definition) is 0. The number of esters is 1. The van der Waals surface area contributed by atoms with Crippen molar-refractivity contribution in [1.29, 1.82) is 0 Å². The lowest BCUT2D eigenvalue weighted by molar-refractivity contribution is 0.0378. The smallest absolute Gasteiger partial charge is 0.342 e. The summed E-state index contributed by atoms with van der Waals surface area (Å²) in [6.45, 7) is 6.61. The molecule has 0 radical (unpaired) electrons. The number of ether oxygens (including phenoxy) is 2. The van der Waals surface area contributed by atoms with E-state index in [4.69, 9.17) is 9.47 Å². The highest BCUT2D eigenvalue weighted by Gasteiger charge is 2.29. The predicted octanol–water partition coefficient (Wildman–Crippen LogP) is 5.08. The van der Waals surface area contributed by atoms with Gasteiger partial charge in [-0.15, -0.1) is 0 Å². The molecule has 2 heterocycles. The lowest BCUT2D eigenvalue weighted by Crippen LogP contribution is -2.36. The Kier molecular flexibility index (Phi) is 7.98. The number of benzene rings is 2. The van der Waals surface area contributed by atoms with Crippen LogP contribution >= 0.6 is 0 Å². The van der Waals surface area contributed by atoms with Crippen molar-refractivity contribution in [2.45, 2.75) is 45.6 Å². The van der Waals surface area contributed by atoms with Crippen molar-refractivity contribution >= 4 is 11.8 Å². The summed E-state index contributed by atoms with van der Waals surface area (Å²) in [6.07, 6.45) is 2.50. The van der Waals surface area contributed by atoms with E-state index in [1.165, 1.54) is 12.1 Å². The summed E-state index contributed by atoms with van der Waals surface area (Å²) in [5.41, 5.74) is 2.45. The standard InChI is InChI=1S/C28H32FN3O3/c1-20(2)35-28(33)26-11-6-13-30-27(26)31(3)24-12-14-32(18-24)17-21-7-5-10-25(16-21)34-19-22-8-4-9-23(29)15-22/h4-11,13,15-16,20,24H,12,14,17-19H2,1-3H3/t24-/m0/s1. The van der Waals surface area contributed by atoms with Gasteiger partial charge in [-0.1, -0.05) is 24.3 Å². The van der Waals surface area contributed by atoms with Crippen LogP contribution < -0.4 is 9.64 Å². The molecule has 3 aromatic rings. The van der Waals surface area contributed by atoms with Crippen LogP contribution in [0.5, 0.6) is 5.75 Å². The first kappa shape index (κ1) is 24.7. The summed E-state index contributed by atoms with van der Waals surface area (Å²) in [4.78, 5) is 21.5. The highest BCUT2D eigenvalue weighted by molar-refractivity contribution is 5.94. The van der Waals surface area contributed by atoms with Crippen molar-refractivity contribution in [2.24, 2.45) is 0 Å². The first-order valence-corrected chi connectivity index (χ1v) is 12.0. The van der Waals surface area contributed by atoms with Crippen molar-refractivity contribution in [3.63, 3.8) is 0 Å². The number of carbonyl (C=O) groups is 1. The second-order valence-electron chi connectivity index (χ2n) is 9.18. The Labute approximate surface area is 206 Å². The summed E-state index contributed by atoms with van der Waals surface area (Å²) in [5.74, 6) is 0.807. The Hall–Kier alpha value is -3.45. The van der Waals surface area contributed by atoms with Gasteiger partial charge < -0.3 is 14.4 Å². The summed E-state index contributed by atoms with van der Waals surface area (Å²) < 4.78 is 24.7. The number of likely N-dealkylation sites (N-methyl/N-ethyl adjacent to an activating group) is 1. The predicted molar refractivity (Wildman–Crippen MR) is 134 cm³/mol. The lowest BCUT2D eigenvalue weighted by Gasteiger charge is -2.27. The number of rotatable bonds is 9. The van der Waals surface area contributed by atoms with E-state index in [1.807, 2.05) is 45.2 Å². The molecular weight excluding hydrogens is 445 g/mol. The largest absolute Gasteiger partial charge is 0.489 e. The summed E-state index contributed by atoms with van der Waals surface area (Å²) in [6, 6.07) is 18.2. The van der Waals surface area contributed by atoms with E-state index in [1.54, 1.807) is 24.4 Å². The van der Waals surface area contributed by atoms with E-state index in [9.17, 15) is 9.18 Å². The average Bonchev–Trinajstić information content (AvgIpc) is 3.30. The molecule has 0 aliphatic carbocycles. The molecule has 1 atom stereocenters. The molecule has 7 heteroatoms. The maximum absolute atomic E-state index is 13.4. The van der Waals surface area contributed by atoms with Crippen molar-refractivity contribution in [3.05, 3.63) is 89.4 Å². The van der Waals surface area contributed by atoms with E-state index in [0.29, 0.717) is 18.0 Å². The number of hydrogen-bond acceptors (Lipinski definition) is 6. The highest BCUT2D eigenvalue weighted by atomic mass is 19.1. The van der Waals surface area contributed by atoms with Crippen LogP contribution in [0.2, 0.25) is 0 Å². The maximum atomic E-state index is 13.4. The third-order valence-corrected chi connectivity index (χ3v) is 6.08. The topological polar surface area (TPSA) is 54.9 Å². The van der Waals surface area contributed by atoms with Gasteiger partial charge in [0.25, 0.3) is 0 Å². The average molecular weight is 478 g/mol. The first-order valence-electron chi connectivity index (χ1n) is 12.0. The Morgan fingerprint density at radius 2 is 1.94 bits per heavy atom. The van der Waals surface area contributed by atoms with Crippen LogP contribution in [0.15, 0.2) is 66.9 Å². The van der Waals surface area contributed by atoms with Crippen molar-refractivity contribution < 1.29 is 18.7 Å². The van der Waals surface area contributed by atoms with Gasteiger partial charge in [0.2, 0.25) is 0 Å².